The second-order valence-corrected chi connectivity index (χ2v) is 5.28. The number of hydrogen-bond acceptors (Lipinski definition) is 2. The number of fused-ring (bicyclic) bond motifs is 1. The van der Waals surface area contributed by atoms with Gasteiger partial charge in [-0.05, 0) is 42.2 Å². The Labute approximate surface area is 117 Å². The van der Waals surface area contributed by atoms with Crippen molar-refractivity contribution in [1.82, 2.24) is 0 Å². The van der Waals surface area contributed by atoms with Crippen molar-refractivity contribution in [2.45, 2.75) is 25.4 Å². The molecular formula is C17H17FO2. The summed E-state index contributed by atoms with van der Waals surface area (Å²) in [5, 5.41) is 9.41. The van der Waals surface area contributed by atoms with E-state index in [1.807, 2.05) is 12.1 Å². The highest BCUT2D eigenvalue weighted by Crippen LogP contribution is 2.35. The van der Waals surface area contributed by atoms with Crippen LogP contribution in [-0.4, -0.2) is 11.7 Å². The average molecular weight is 272 g/mol. The molecule has 3 heteroatoms. The van der Waals surface area contributed by atoms with Crippen LogP contribution in [0.3, 0.4) is 0 Å². The van der Waals surface area contributed by atoms with Crippen molar-refractivity contribution in [2.75, 3.05) is 6.61 Å². The third-order valence-electron chi connectivity index (χ3n) is 3.84. The van der Waals surface area contributed by atoms with Crippen LogP contribution in [0, 0.1) is 5.82 Å². The first-order valence-corrected chi connectivity index (χ1v) is 6.83. The van der Waals surface area contributed by atoms with Crippen LogP contribution in [-0.2, 0) is 6.42 Å². The fourth-order valence-corrected chi connectivity index (χ4v) is 2.60. The highest BCUT2D eigenvalue weighted by molar-refractivity contribution is 5.40. The molecule has 0 aliphatic heterocycles. The number of benzene rings is 2. The van der Waals surface area contributed by atoms with Crippen molar-refractivity contribution >= 4 is 0 Å². The smallest absolute Gasteiger partial charge is 0.165 e. The predicted octanol–water partition coefficient (Wildman–Crippen LogP) is 3.60. The van der Waals surface area contributed by atoms with Crippen LogP contribution in [0.5, 0.6) is 5.75 Å². The Morgan fingerprint density at radius 3 is 2.80 bits per heavy atom. The largest absolute Gasteiger partial charge is 0.490 e. The maximum absolute atomic E-state index is 13.8. The summed E-state index contributed by atoms with van der Waals surface area (Å²) in [6, 6.07) is 12.9. The molecule has 0 saturated carbocycles. The molecule has 0 aromatic heterocycles. The van der Waals surface area contributed by atoms with E-state index < -0.39 is 11.9 Å². The zero-order chi connectivity index (χ0) is 14.1. The minimum atomic E-state index is -0.669. The van der Waals surface area contributed by atoms with Crippen molar-refractivity contribution in [3.63, 3.8) is 0 Å². The van der Waals surface area contributed by atoms with E-state index in [-0.39, 0.29) is 5.75 Å². The van der Waals surface area contributed by atoms with E-state index in [2.05, 4.69) is 12.1 Å². The average Bonchev–Trinajstić information content (AvgIpc) is 2.41. The van der Waals surface area contributed by atoms with Gasteiger partial charge >= 0.3 is 0 Å². The van der Waals surface area contributed by atoms with Gasteiger partial charge in [0.1, 0.15) is 0 Å². The number of rotatable bonds is 4. The minimum Gasteiger partial charge on any atom is -0.490 e. The van der Waals surface area contributed by atoms with Gasteiger partial charge in [-0.3, -0.25) is 0 Å². The molecule has 3 rings (SSSR count). The fraction of sp³-hybridized carbons (Fsp3) is 0.294. The zero-order valence-corrected chi connectivity index (χ0v) is 11.3. The monoisotopic (exact) mass is 272 g/mol. The van der Waals surface area contributed by atoms with Crippen molar-refractivity contribution in [3.05, 3.63) is 65.0 Å². The highest BCUT2D eigenvalue weighted by Gasteiger charge is 2.26. The van der Waals surface area contributed by atoms with Gasteiger partial charge in [0, 0.05) is 5.92 Å². The van der Waals surface area contributed by atoms with Crippen LogP contribution < -0.4 is 4.74 Å². The molecule has 0 bridgehead atoms. The normalized spacial score (nSPS) is 18.1. The zero-order valence-electron chi connectivity index (χ0n) is 11.3. The van der Waals surface area contributed by atoms with Crippen molar-refractivity contribution < 1.29 is 14.2 Å². The van der Waals surface area contributed by atoms with E-state index >= 15 is 0 Å². The molecule has 2 aromatic carbocycles. The van der Waals surface area contributed by atoms with Crippen LogP contribution in [0.2, 0.25) is 0 Å². The van der Waals surface area contributed by atoms with Crippen LogP contribution >= 0.6 is 0 Å². The quantitative estimate of drug-likeness (QED) is 0.921. The molecule has 1 aliphatic carbocycles. The maximum atomic E-state index is 13.8. The third-order valence-corrected chi connectivity index (χ3v) is 3.84. The predicted molar refractivity (Wildman–Crippen MR) is 75.4 cm³/mol. The first-order chi connectivity index (χ1) is 9.65. The summed E-state index contributed by atoms with van der Waals surface area (Å²) in [4.78, 5) is 0. The standard InChI is InChI=1S/C17H17FO2/c1-11(19)12-6-7-17(16(18)9-12)20-10-14-8-13-4-2-3-5-15(13)14/h2-7,9,11,14,19H,8,10H2,1H3/t11-,14?/m1/s1. The lowest BCUT2D eigenvalue weighted by atomic mass is 9.78. The van der Waals surface area contributed by atoms with Crippen LogP contribution in [0.25, 0.3) is 0 Å². The Morgan fingerprint density at radius 2 is 2.10 bits per heavy atom. The number of aliphatic hydroxyl groups is 1. The molecule has 2 nitrogen and oxygen atoms in total. The summed E-state index contributed by atoms with van der Waals surface area (Å²) in [5.41, 5.74) is 3.21. The summed E-state index contributed by atoms with van der Waals surface area (Å²) >= 11 is 0. The second-order valence-electron chi connectivity index (χ2n) is 5.28. The van der Waals surface area contributed by atoms with Crippen LogP contribution in [0.15, 0.2) is 42.5 Å². The van der Waals surface area contributed by atoms with Gasteiger partial charge in [0.2, 0.25) is 0 Å². The van der Waals surface area contributed by atoms with Crippen LogP contribution in [0.1, 0.15) is 35.6 Å². The molecule has 20 heavy (non-hydrogen) atoms. The Balaban J connectivity index is 1.65. The highest BCUT2D eigenvalue weighted by atomic mass is 19.1. The summed E-state index contributed by atoms with van der Waals surface area (Å²) in [6.07, 6.45) is 0.320. The first kappa shape index (κ1) is 13.1. The van der Waals surface area contributed by atoms with Crippen molar-refractivity contribution in [1.29, 1.82) is 0 Å². The molecule has 104 valence electrons. The second kappa shape index (κ2) is 5.25. The molecule has 0 fully saturated rings. The molecule has 0 spiro atoms. The van der Waals surface area contributed by atoms with E-state index in [1.165, 1.54) is 17.2 Å². The summed E-state index contributed by atoms with van der Waals surface area (Å²) < 4.78 is 19.4. The van der Waals surface area contributed by atoms with E-state index in [0.29, 0.717) is 18.1 Å². The van der Waals surface area contributed by atoms with E-state index in [4.69, 9.17) is 4.74 Å². The minimum absolute atomic E-state index is 0.249. The molecule has 2 atom stereocenters. The Hall–Kier alpha value is -1.87. The SMILES string of the molecule is C[C@@H](O)c1ccc(OCC2Cc3ccccc32)c(F)c1. The number of hydrogen-bond donors (Lipinski definition) is 1. The number of ether oxygens (including phenoxy) is 1. The molecule has 0 saturated heterocycles. The molecule has 2 aromatic rings. The number of halogens is 1. The first-order valence-electron chi connectivity index (χ1n) is 6.83. The lowest BCUT2D eigenvalue weighted by Gasteiger charge is -2.29. The van der Waals surface area contributed by atoms with Gasteiger partial charge in [-0.1, -0.05) is 30.3 Å². The Morgan fingerprint density at radius 1 is 1.30 bits per heavy atom. The lowest BCUT2D eigenvalue weighted by Crippen LogP contribution is -2.23. The molecule has 0 heterocycles. The van der Waals surface area contributed by atoms with Crippen molar-refractivity contribution in [2.24, 2.45) is 0 Å². The molecule has 0 radical (unpaired) electrons. The third kappa shape index (κ3) is 2.41. The molecule has 0 amide bonds. The molecule has 1 unspecified atom stereocenters. The summed E-state index contributed by atoms with van der Waals surface area (Å²) in [5.74, 6) is 0.178. The number of aliphatic hydroxyl groups excluding tert-OH is 1. The summed E-state index contributed by atoms with van der Waals surface area (Å²) in [7, 11) is 0. The molecular weight excluding hydrogens is 255 g/mol. The Kier molecular flexibility index (Phi) is 3.45. The van der Waals surface area contributed by atoms with Crippen molar-refractivity contribution in [3.8, 4) is 5.75 Å². The van der Waals surface area contributed by atoms with Gasteiger partial charge in [-0.15, -0.1) is 0 Å². The Bertz CT molecular complexity index is 622. The van der Waals surface area contributed by atoms with Gasteiger partial charge in [0.25, 0.3) is 0 Å². The molecule has 1 aliphatic rings. The van der Waals surface area contributed by atoms with Gasteiger partial charge in [-0.25, -0.2) is 4.39 Å². The van der Waals surface area contributed by atoms with Crippen LogP contribution in [0.4, 0.5) is 4.39 Å². The van der Waals surface area contributed by atoms with E-state index in [0.717, 1.165) is 6.42 Å². The topological polar surface area (TPSA) is 29.5 Å². The van der Waals surface area contributed by atoms with Gasteiger partial charge in [0.05, 0.1) is 12.7 Å². The molecule has 1 N–H and O–H groups in total. The lowest BCUT2D eigenvalue weighted by molar-refractivity contribution is 0.198. The van der Waals surface area contributed by atoms with Gasteiger partial charge < -0.3 is 9.84 Å². The fourth-order valence-electron chi connectivity index (χ4n) is 2.60. The maximum Gasteiger partial charge on any atom is 0.165 e. The summed E-state index contributed by atoms with van der Waals surface area (Å²) in [6.45, 7) is 2.10. The van der Waals surface area contributed by atoms with E-state index in [9.17, 15) is 9.50 Å². The van der Waals surface area contributed by atoms with E-state index in [1.54, 1.807) is 19.1 Å². The van der Waals surface area contributed by atoms with Gasteiger partial charge in [0.15, 0.2) is 11.6 Å². The van der Waals surface area contributed by atoms with Gasteiger partial charge in [-0.2, -0.15) is 0 Å².